The Hall–Kier alpha value is -2.34. The molecular weight excluding hydrogens is 383 g/mol. The first kappa shape index (κ1) is 20.4. The maximum atomic E-state index is 13.1. The van der Waals surface area contributed by atoms with E-state index in [0.717, 1.165) is 5.03 Å². The number of carbonyl (C=O) groups is 1. The molecule has 0 spiro atoms. The number of halogens is 1. The Morgan fingerprint density at radius 3 is 1.54 bits per heavy atom. The number of Topliss-reactive ketones (excluding diaryl/α,β-unsaturated/α-hetero) is 1. The molecular formula is C25H24ClOP. The largest absolute Gasteiger partial charge is 0.295 e. The van der Waals surface area contributed by atoms with Crippen LogP contribution in [0.3, 0.4) is 0 Å². The van der Waals surface area contributed by atoms with Gasteiger partial charge >= 0.3 is 0 Å². The highest BCUT2D eigenvalue weighted by Gasteiger charge is 2.25. The van der Waals surface area contributed by atoms with Gasteiger partial charge < -0.3 is 0 Å². The summed E-state index contributed by atoms with van der Waals surface area (Å²) < 4.78 is 0. The van der Waals surface area contributed by atoms with E-state index < -0.39 is 6.89 Å². The molecule has 0 bridgehead atoms. The van der Waals surface area contributed by atoms with Gasteiger partial charge in [0.2, 0.25) is 0 Å². The average Bonchev–Trinajstić information content (AvgIpc) is 2.74. The molecule has 0 unspecified atom stereocenters. The fraction of sp³-hybridized carbons (Fsp3) is 0.120. The molecule has 0 atom stereocenters. The third-order valence-corrected chi connectivity index (χ3v) is 8.81. The summed E-state index contributed by atoms with van der Waals surface area (Å²) in [7, 11) is 0. The molecule has 0 amide bonds. The number of benzene rings is 3. The minimum Gasteiger partial charge on any atom is -0.295 e. The molecule has 3 rings (SSSR count). The molecule has 3 aromatic rings. The number of hydrogen-bond donors (Lipinski definition) is 0. The van der Waals surface area contributed by atoms with Gasteiger partial charge in [-0.2, -0.15) is 0 Å². The van der Waals surface area contributed by atoms with Crippen LogP contribution in [-0.2, 0) is 4.79 Å². The molecule has 0 aliphatic rings. The van der Waals surface area contributed by atoms with Crippen LogP contribution in [0.1, 0.15) is 19.8 Å². The van der Waals surface area contributed by atoms with Crippen molar-refractivity contribution in [3.05, 3.63) is 102 Å². The monoisotopic (exact) mass is 406 g/mol. The van der Waals surface area contributed by atoms with Gasteiger partial charge in [-0.15, -0.1) is 0 Å². The number of hydrogen-bond acceptors (Lipinski definition) is 1. The van der Waals surface area contributed by atoms with Gasteiger partial charge in [0.1, 0.15) is 0 Å². The Bertz CT molecular complexity index is 885. The van der Waals surface area contributed by atoms with E-state index >= 15 is 0 Å². The van der Waals surface area contributed by atoms with E-state index in [0.29, 0.717) is 12.8 Å². The summed E-state index contributed by atoms with van der Waals surface area (Å²) in [4.78, 5) is 13.1. The van der Waals surface area contributed by atoms with Crippen LogP contribution >= 0.6 is 18.5 Å². The first-order chi connectivity index (χ1) is 13.6. The lowest BCUT2D eigenvalue weighted by atomic mass is 10.2. The van der Waals surface area contributed by atoms with Crippen molar-refractivity contribution in [2.24, 2.45) is 0 Å². The summed E-state index contributed by atoms with van der Waals surface area (Å²) in [6, 6.07) is 31.2. The lowest BCUT2D eigenvalue weighted by molar-refractivity contribution is -0.112. The van der Waals surface area contributed by atoms with Crippen LogP contribution in [0.2, 0.25) is 0 Å². The Labute approximate surface area is 172 Å². The third kappa shape index (κ3) is 4.73. The number of ketones is 1. The van der Waals surface area contributed by atoms with Gasteiger partial charge in [0.25, 0.3) is 0 Å². The minimum absolute atomic E-state index is 0.152. The molecule has 28 heavy (non-hydrogen) atoms. The zero-order valence-electron chi connectivity index (χ0n) is 16.0. The molecule has 0 saturated carbocycles. The van der Waals surface area contributed by atoms with Gasteiger partial charge in [-0.05, 0) is 41.9 Å². The normalized spacial score (nSPS) is 11.9. The molecule has 1 nitrogen and oxygen atoms in total. The molecule has 0 aliphatic heterocycles. The van der Waals surface area contributed by atoms with Crippen molar-refractivity contribution < 1.29 is 4.79 Å². The number of rotatable bonds is 7. The quantitative estimate of drug-likeness (QED) is 0.488. The SMILES string of the molecule is C/C(Cl)=C/CCC(=O)C=P(c1ccccc1)(c1ccccc1)c1ccccc1. The second kappa shape index (κ2) is 9.73. The van der Waals surface area contributed by atoms with Crippen molar-refractivity contribution in [3.8, 4) is 0 Å². The van der Waals surface area contributed by atoms with E-state index in [1.165, 1.54) is 15.9 Å². The second-order valence-electron chi connectivity index (χ2n) is 6.65. The van der Waals surface area contributed by atoms with Gasteiger partial charge in [-0.3, -0.25) is 4.79 Å². The predicted molar refractivity (Wildman–Crippen MR) is 125 cm³/mol. The zero-order valence-corrected chi connectivity index (χ0v) is 17.6. The highest BCUT2D eigenvalue weighted by molar-refractivity contribution is 7.95. The van der Waals surface area contributed by atoms with E-state index in [-0.39, 0.29) is 5.78 Å². The Morgan fingerprint density at radius 2 is 1.18 bits per heavy atom. The van der Waals surface area contributed by atoms with Crippen LogP contribution in [0, 0.1) is 0 Å². The maximum absolute atomic E-state index is 13.1. The van der Waals surface area contributed by atoms with Crippen LogP contribution in [0.4, 0.5) is 0 Å². The van der Waals surface area contributed by atoms with Gasteiger partial charge in [-0.1, -0.05) is 109 Å². The first-order valence-electron chi connectivity index (χ1n) is 9.39. The van der Waals surface area contributed by atoms with E-state index in [2.05, 4.69) is 36.4 Å². The topological polar surface area (TPSA) is 17.1 Å². The Balaban J connectivity index is 2.24. The summed E-state index contributed by atoms with van der Waals surface area (Å²) in [6.45, 7) is -0.363. The van der Waals surface area contributed by atoms with Crippen LogP contribution < -0.4 is 15.9 Å². The van der Waals surface area contributed by atoms with Crippen molar-refractivity contribution in [3.63, 3.8) is 0 Å². The maximum Gasteiger partial charge on any atom is 0.157 e. The number of carbonyl (C=O) groups excluding carboxylic acids is 1. The zero-order chi connectivity index (χ0) is 19.8. The average molecular weight is 407 g/mol. The standard InChI is InChI=1S/C25H24ClOP/c1-21(26)12-11-13-22(27)20-28(23-14-5-2-6-15-23,24-16-7-3-8-17-24)25-18-9-4-10-19-25/h2-10,12,14-20H,11,13H2,1H3/b21-12-. The van der Waals surface area contributed by atoms with Gasteiger partial charge in [0.05, 0.1) is 0 Å². The van der Waals surface area contributed by atoms with Crippen molar-refractivity contribution >= 4 is 46.0 Å². The lowest BCUT2D eigenvalue weighted by Gasteiger charge is -2.28. The first-order valence-corrected chi connectivity index (χ1v) is 11.6. The third-order valence-electron chi connectivity index (χ3n) is 4.64. The predicted octanol–water partition coefficient (Wildman–Crippen LogP) is 5.27. The highest BCUT2D eigenvalue weighted by atomic mass is 35.5. The smallest absolute Gasteiger partial charge is 0.157 e. The Kier molecular flexibility index (Phi) is 7.09. The molecule has 0 aliphatic carbocycles. The van der Waals surface area contributed by atoms with Crippen molar-refractivity contribution in [1.82, 2.24) is 0 Å². The molecule has 142 valence electrons. The summed E-state index contributed by atoms with van der Waals surface area (Å²) in [5.41, 5.74) is 0. The molecule has 3 heteroatoms. The van der Waals surface area contributed by atoms with E-state index in [1.807, 2.05) is 73.4 Å². The molecule has 0 fully saturated rings. The molecule has 0 N–H and O–H groups in total. The molecule has 0 aromatic heterocycles. The van der Waals surface area contributed by atoms with E-state index in [9.17, 15) is 4.79 Å². The summed E-state index contributed by atoms with van der Waals surface area (Å²) >= 11 is 5.93. The van der Waals surface area contributed by atoms with Gasteiger partial charge in [0, 0.05) is 11.5 Å². The van der Waals surface area contributed by atoms with E-state index in [1.54, 1.807) is 0 Å². The van der Waals surface area contributed by atoms with Gasteiger partial charge in [0.15, 0.2) is 5.78 Å². The molecule has 3 aromatic carbocycles. The number of allylic oxidation sites excluding steroid dienone is 2. The van der Waals surface area contributed by atoms with Crippen LogP contribution in [0.15, 0.2) is 102 Å². The lowest BCUT2D eigenvalue weighted by Crippen LogP contribution is -2.28. The van der Waals surface area contributed by atoms with Crippen molar-refractivity contribution in [1.29, 1.82) is 0 Å². The second-order valence-corrected chi connectivity index (χ2v) is 10.5. The summed E-state index contributed by atoms with van der Waals surface area (Å²) in [5.74, 6) is 2.14. The van der Waals surface area contributed by atoms with Gasteiger partial charge in [-0.25, -0.2) is 0 Å². The van der Waals surface area contributed by atoms with Crippen LogP contribution in [0.5, 0.6) is 0 Å². The molecule has 0 radical (unpaired) electrons. The van der Waals surface area contributed by atoms with Crippen molar-refractivity contribution in [2.75, 3.05) is 0 Å². The molecule has 0 heterocycles. The van der Waals surface area contributed by atoms with Crippen LogP contribution in [0.25, 0.3) is 0 Å². The van der Waals surface area contributed by atoms with Crippen molar-refractivity contribution in [2.45, 2.75) is 19.8 Å². The Morgan fingerprint density at radius 1 is 0.786 bits per heavy atom. The minimum atomic E-state index is -2.20. The van der Waals surface area contributed by atoms with Crippen LogP contribution in [-0.4, -0.2) is 11.6 Å². The highest BCUT2D eigenvalue weighted by Crippen LogP contribution is 2.43. The fourth-order valence-corrected chi connectivity index (χ4v) is 7.29. The molecule has 0 saturated heterocycles. The van der Waals surface area contributed by atoms with E-state index in [4.69, 9.17) is 11.6 Å². The fourth-order valence-electron chi connectivity index (χ4n) is 3.35. The summed E-state index contributed by atoms with van der Waals surface area (Å²) in [6.07, 6.45) is 3.02. The summed E-state index contributed by atoms with van der Waals surface area (Å²) in [5, 5.41) is 4.28.